The maximum Gasteiger partial charge on any atom is 0.294 e. The molecule has 0 atom stereocenters. The third-order valence-corrected chi connectivity index (χ3v) is 4.41. The van der Waals surface area contributed by atoms with Gasteiger partial charge >= 0.3 is 0 Å². The zero-order chi connectivity index (χ0) is 17.1. The van der Waals surface area contributed by atoms with E-state index in [2.05, 4.69) is 22.2 Å². The van der Waals surface area contributed by atoms with Crippen LogP contribution in [-0.2, 0) is 0 Å². The minimum absolute atomic E-state index is 0.0364. The first kappa shape index (κ1) is 16.5. The van der Waals surface area contributed by atoms with Crippen molar-refractivity contribution in [3.63, 3.8) is 0 Å². The average Bonchev–Trinajstić information content (AvgIpc) is 2.58. The second kappa shape index (κ2) is 7.07. The number of nitrogens with zero attached hydrogens (tertiary/aromatic N) is 3. The molecule has 0 aliphatic carbocycles. The van der Waals surface area contributed by atoms with Gasteiger partial charge in [0.2, 0.25) is 0 Å². The summed E-state index contributed by atoms with van der Waals surface area (Å²) >= 11 is 5.84. The third kappa shape index (κ3) is 3.77. The molecule has 1 N–H and O–H groups in total. The van der Waals surface area contributed by atoms with Gasteiger partial charge in [-0.2, -0.15) is 0 Å². The molecule has 2 aromatic carbocycles. The van der Waals surface area contributed by atoms with Gasteiger partial charge in [-0.25, -0.2) is 0 Å². The van der Waals surface area contributed by atoms with E-state index in [1.807, 2.05) is 24.3 Å². The lowest BCUT2D eigenvalue weighted by Gasteiger charge is -2.34. The van der Waals surface area contributed by atoms with E-state index in [1.54, 1.807) is 12.1 Å². The first-order chi connectivity index (χ1) is 11.5. The molecule has 3 rings (SSSR count). The summed E-state index contributed by atoms with van der Waals surface area (Å²) in [5.41, 5.74) is 2.36. The molecule has 1 aliphatic heterocycles. The first-order valence-corrected chi connectivity index (χ1v) is 8.15. The molecule has 6 nitrogen and oxygen atoms in total. The highest BCUT2D eigenvalue weighted by atomic mass is 35.5. The Balaban J connectivity index is 1.74. The number of rotatable bonds is 4. The van der Waals surface area contributed by atoms with E-state index >= 15 is 0 Å². The average molecular weight is 347 g/mol. The molecule has 1 heterocycles. The number of hydrogen-bond acceptors (Lipinski definition) is 5. The lowest BCUT2D eigenvalue weighted by molar-refractivity contribution is -0.383. The third-order valence-electron chi connectivity index (χ3n) is 4.17. The predicted octanol–water partition coefficient (Wildman–Crippen LogP) is 3.74. The van der Waals surface area contributed by atoms with Crippen LogP contribution in [0.25, 0.3) is 0 Å². The normalized spacial score (nSPS) is 15.3. The topological polar surface area (TPSA) is 61.6 Å². The Kier molecular flexibility index (Phi) is 4.87. The van der Waals surface area contributed by atoms with E-state index in [1.165, 1.54) is 11.8 Å². The van der Waals surface area contributed by atoms with Gasteiger partial charge in [0.1, 0.15) is 5.69 Å². The fourth-order valence-electron chi connectivity index (χ4n) is 2.74. The number of anilines is 3. The van der Waals surface area contributed by atoms with Crippen LogP contribution >= 0.6 is 11.6 Å². The number of piperazine rings is 1. The Morgan fingerprint density at radius 3 is 2.38 bits per heavy atom. The van der Waals surface area contributed by atoms with Crippen molar-refractivity contribution in [2.24, 2.45) is 0 Å². The van der Waals surface area contributed by atoms with Crippen molar-refractivity contribution in [3.8, 4) is 0 Å². The molecule has 1 aliphatic rings. The number of nitrogens with one attached hydrogen (secondary N) is 1. The highest BCUT2D eigenvalue weighted by Gasteiger charge is 2.16. The Morgan fingerprint density at radius 1 is 1.08 bits per heavy atom. The maximum absolute atomic E-state index is 11.1. The van der Waals surface area contributed by atoms with Crippen LogP contribution in [0.1, 0.15) is 0 Å². The summed E-state index contributed by atoms with van der Waals surface area (Å²) in [7, 11) is 2.13. The summed E-state index contributed by atoms with van der Waals surface area (Å²) in [5.74, 6) is 0. The van der Waals surface area contributed by atoms with Gasteiger partial charge in [-0.1, -0.05) is 11.6 Å². The van der Waals surface area contributed by atoms with Gasteiger partial charge < -0.3 is 15.1 Å². The number of benzene rings is 2. The predicted molar refractivity (Wildman–Crippen MR) is 97.5 cm³/mol. The minimum Gasteiger partial charge on any atom is -0.369 e. The first-order valence-electron chi connectivity index (χ1n) is 7.77. The highest BCUT2D eigenvalue weighted by Crippen LogP contribution is 2.31. The van der Waals surface area contributed by atoms with Gasteiger partial charge in [-0.15, -0.1) is 0 Å². The largest absolute Gasteiger partial charge is 0.369 e. The second-order valence-electron chi connectivity index (χ2n) is 5.88. The van der Waals surface area contributed by atoms with Crippen LogP contribution < -0.4 is 10.2 Å². The van der Waals surface area contributed by atoms with Crippen molar-refractivity contribution in [3.05, 3.63) is 57.6 Å². The van der Waals surface area contributed by atoms with Gasteiger partial charge in [0.25, 0.3) is 5.69 Å². The quantitative estimate of drug-likeness (QED) is 0.675. The van der Waals surface area contributed by atoms with Crippen molar-refractivity contribution in [2.75, 3.05) is 43.4 Å². The molecule has 0 radical (unpaired) electrons. The smallest absolute Gasteiger partial charge is 0.294 e. The summed E-state index contributed by atoms with van der Waals surface area (Å²) in [5, 5.41) is 14.6. The molecule has 2 aromatic rings. The molecule has 1 saturated heterocycles. The van der Waals surface area contributed by atoms with Crippen molar-refractivity contribution in [2.45, 2.75) is 0 Å². The maximum atomic E-state index is 11.1. The number of halogens is 1. The fourth-order valence-corrected chi connectivity index (χ4v) is 2.90. The Hall–Kier alpha value is -2.31. The molecule has 0 spiro atoms. The number of nitro groups is 1. The van der Waals surface area contributed by atoms with Gasteiger partial charge in [-0.3, -0.25) is 10.1 Å². The lowest BCUT2D eigenvalue weighted by Crippen LogP contribution is -2.44. The summed E-state index contributed by atoms with van der Waals surface area (Å²) in [6.45, 7) is 4.12. The van der Waals surface area contributed by atoms with E-state index in [4.69, 9.17) is 11.6 Å². The summed E-state index contributed by atoms with van der Waals surface area (Å²) in [4.78, 5) is 15.4. The SMILES string of the molecule is CN1CCN(c2ccc(Nc3ccc(Cl)cc3[N+](=O)[O-])cc2)CC1. The molecular formula is C17H19ClN4O2. The van der Waals surface area contributed by atoms with Crippen LogP contribution in [0.2, 0.25) is 5.02 Å². The van der Waals surface area contributed by atoms with Crippen molar-refractivity contribution >= 4 is 34.4 Å². The number of likely N-dealkylation sites (N-methyl/N-ethyl adjacent to an activating group) is 1. The molecule has 7 heteroatoms. The van der Waals surface area contributed by atoms with Crippen molar-refractivity contribution in [1.29, 1.82) is 0 Å². The van der Waals surface area contributed by atoms with Gasteiger partial charge in [0.05, 0.1) is 4.92 Å². The highest BCUT2D eigenvalue weighted by molar-refractivity contribution is 6.30. The molecule has 0 aromatic heterocycles. The van der Waals surface area contributed by atoms with Crippen LogP contribution in [0, 0.1) is 10.1 Å². The van der Waals surface area contributed by atoms with E-state index in [0.29, 0.717) is 10.7 Å². The van der Waals surface area contributed by atoms with Gasteiger partial charge in [0, 0.05) is 48.6 Å². The molecule has 126 valence electrons. The fraction of sp³-hybridized carbons (Fsp3) is 0.294. The molecule has 1 fully saturated rings. The van der Waals surface area contributed by atoms with Crippen LogP contribution in [0.4, 0.5) is 22.7 Å². The van der Waals surface area contributed by atoms with Gasteiger partial charge in [0.15, 0.2) is 0 Å². The Bertz CT molecular complexity index is 728. The van der Waals surface area contributed by atoms with E-state index in [9.17, 15) is 10.1 Å². The lowest BCUT2D eigenvalue weighted by atomic mass is 10.2. The standard InChI is InChI=1S/C17H19ClN4O2/c1-20-8-10-21(11-9-20)15-5-3-14(4-6-15)19-16-7-2-13(18)12-17(16)22(23)24/h2-7,12,19H,8-11H2,1H3. The molecule has 0 bridgehead atoms. The van der Waals surface area contributed by atoms with Crippen LogP contribution in [0.3, 0.4) is 0 Å². The number of hydrogen-bond donors (Lipinski definition) is 1. The second-order valence-corrected chi connectivity index (χ2v) is 6.32. The monoisotopic (exact) mass is 346 g/mol. The molecular weight excluding hydrogens is 328 g/mol. The van der Waals surface area contributed by atoms with E-state index in [0.717, 1.165) is 31.9 Å². The summed E-state index contributed by atoms with van der Waals surface area (Å²) in [6.07, 6.45) is 0. The molecule has 24 heavy (non-hydrogen) atoms. The van der Waals surface area contributed by atoms with Crippen LogP contribution in [0.5, 0.6) is 0 Å². The van der Waals surface area contributed by atoms with Crippen LogP contribution in [0.15, 0.2) is 42.5 Å². The minimum atomic E-state index is -0.438. The Labute approximate surface area is 145 Å². The molecule has 0 amide bonds. The zero-order valence-corrected chi connectivity index (χ0v) is 14.2. The zero-order valence-electron chi connectivity index (χ0n) is 13.4. The Morgan fingerprint density at radius 2 is 1.75 bits per heavy atom. The summed E-state index contributed by atoms with van der Waals surface area (Å²) < 4.78 is 0. The van der Waals surface area contributed by atoms with E-state index in [-0.39, 0.29) is 5.69 Å². The number of nitro benzene ring substituents is 1. The van der Waals surface area contributed by atoms with Crippen molar-refractivity contribution < 1.29 is 4.92 Å². The van der Waals surface area contributed by atoms with Crippen LogP contribution in [-0.4, -0.2) is 43.0 Å². The van der Waals surface area contributed by atoms with Crippen molar-refractivity contribution in [1.82, 2.24) is 4.90 Å². The molecule has 0 saturated carbocycles. The van der Waals surface area contributed by atoms with E-state index < -0.39 is 4.92 Å². The summed E-state index contributed by atoms with van der Waals surface area (Å²) in [6, 6.07) is 12.6. The van der Waals surface area contributed by atoms with Gasteiger partial charge in [-0.05, 0) is 43.4 Å². The molecule has 0 unspecified atom stereocenters.